The summed E-state index contributed by atoms with van der Waals surface area (Å²) in [7, 11) is 0. The predicted molar refractivity (Wildman–Crippen MR) is 94.1 cm³/mol. The minimum atomic E-state index is -0.379. The molecule has 0 atom stereocenters. The Balaban J connectivity index is 2.32. The monoisotopic (exact) mass is 307 g/mol. The molecule has 23 heavy (non-hydrogen) atoms. The number of Topliss-reactive ketones (excluding diaryl/α,β-unsaturated/α-hetero) is 1. The van der Waals surface area contributed by atoms with Crippen LogP contribution in [0.2, 0.25) is 0 Å². The molecule has 3 heteroatoms. The van der Waals surface area contributed by atoms with Crippen molar-refractivity contribution in [3.8, 4) is 0 Å². The molecule has 0 bridgehead atoms. The van der Waals surface area contributed by atoms with Crippen molar-refractivity contribution in [2.75, 3.05) is 5.32 Å². The van der Waals surface area contributed by atoms with E-state index in [0.29, 0.717) is 5.69 Å². The lowest BCUT2D eigenvalue weighted by atomic mass is 9.98. The van der Waals surface area contributed by atoms with E-state index in [0.717, 1.165) is 11.1 Å². The van der Waals surface area contributed by atoms with Gasteiger partial charge in [-0.1, -0.05) is 61.9 Å². The van der Waals surface area contributed by atoms with E-state index in [2.05, 4.69) is 5.32 Å². The number of carbonyl (C=O) groups excluding carboxylic acids is 2. The Morgan fingerprint density at radius 3 is 2.13 bits per heavy atom. The van der Waals surface area contributed by atoms with Crippen LogP contribution in [0.1, 0.15) is 25.0 Å². The van der Waals surface area contributed by atoms with E-state index in [1.165, 1.54) is 0 Å². The number of aryl methyl sites for hydroxylation is 1. The first-order valence-corrected chi connectivity index (χ1v) is 7.66. The molecule has 0 aliphatic heterocycles. The summed E-state index contributed by atoms with van der Waals surface area (Å²) in [5.74, 6) is -0.789. The molecule has 0 fully saturated rings. The lowest BCUT2D eigenvalue weighted by molar-refractivity contribution is -0.121. The normalized spacial score (nSPS) is 11.4. The van der Waals surface area contributed by atoms with Crippen molar-refractivity contribution in [1.29, 1.82) is 0 Å². The van der Waals surface area contributed by atoms with Crippen LogP contribution in [-0.2, 0) is 9.59 Å². The van der Waals surface area contributed by atoms with Gasteiger partial charge in [0.05, 0.1) is 5.57 Å². The molecule has 2 aromatic rings. The van der Waals surface area contributed by atoms with E-state index in [9.17, 15) is 9.59 Å². The summed E-state index contributed by atoms with van der Waals surface area (Å²) in [6.45, 7) is 5.58. The van der Waals surface area contributed by atoms with Gasteiger partial charge in [0, 0.05) is 11.6 Å². The van der Waals surface area contributed by atoms with Gasteiger partial charge in [-0.05, 0) is 30.7 Å². The number of hydrogen-bond donors (Lipinski definition) is 1. The second-order valence-corrected chi connectivity index (χ2v) is 5.81. The predicted octanol–water partition coefficient (Wildman–Crippen LogP) is 4.24. The molecule has 0 aromatic heterocycles. The van der Waals surface area contributed by atoms with Crippen molar-refractivity contribution in [2.45, 2.75) is 20.8 Å². The van der Waals surface area contributed by atoms with Gasteiger partial charge >= 0.3 is 0 Å². The Morgan fingerprint density at radius 2 is 1.57 bits per heavy atom. The van der Waals surface area contributed by atoms with Gasteiger partial charge in [0.15, 0.2) is 5.78 Å². The van der Waals surface area contributed by atoms with Crippen molar-refractivity contribution in [3.63, 3.8) is 0 Å². The second-order valence-electron chi connectivity index (χ2n) is 5.81. The van der Waals surface area contributed by atoms with Crippen molar-refractivity contribution in [2.24, 2.45) is 5.92 Å². The molecule has 0 radical (unpaired) electrons. The van der Waals surface area contributed by atoms with E-state index >= 15 is 0 Å². The van der Waals surface area contributed by atoms with Gasteiger partial charge in [0.2, 0.25) is 0 Å². The Morgan fingerprint density at radius 1 is 0.957 bits per heavy atom. The van der Waals surface area contributed by atoms with E-state index in [-0.39, 0.29) is 23.2 Å². The summed E-state index contributed by atoms with van der Waals surface area (Å²) in [5, 5.41) is 2.78. The highest BCUT2D eigenvalue weighted by atomic mass is 16.2. The molecule has 0 aliphatic rings. The number of benzene rings is 2. The first-order chi connectivity index (χ1) is 11.0. The van der Waals surface area contributed by atoms with E-state index in [1.54, 1.807) is 32.1 Å². The standard InChI is InChI=1S/C20H21NO2/c1-14(2)19(22)18(13-16-11-9-15(3)10-12-16)20(23)21-17-7-5-4-6-8-17/h4-14H,1-3H3,(H,21,23). The van der Waals surface area contributed by atoms with Crippen LogP contribution in [0.5, 0.6) is 0 Å². The van der Waals surface area contributed by atoms with Crippen molar-refractivity contribution < 1.29 is 9.59 Å². The molecule has 0 aliphatic carbocycles. The van der Waals surface area contributed by atoms with Crippen LogP contribution < -0.4 is 5.32 Å². The molecular formula is C20H21NO2. The fraction of sp³-hybridized carbons (Fsp3) is 0.200. The second kappa shape index (κ2) is 7.54. The Bertz CT molecular complexity index is 713. The van der Waals surface area contributed by atoms with Crippen molar-refractivity contribution in [1.82, 2.24) is 0 Å². The minimum absolute atomic E-state index is 0.168. The highest BCUT2D eigenvalue weighted by Crippen LogP contribution is 2.16. The molecular weight excluding hydrogens is 286 g/mol. The number of hydrogen-bond acceptors (Lipinski definition) is 2. The number of anilines is 1. The van der Waals surface area contributed by atoms with E-state index < -0.39 is 0 Å². The maximum absolute atomic E-state index is 12.5. The topological polar surface area (TPSA) is 46.2 Å². The maximum atomic E-state index is 12.5. The van der Waals surface area contributed by atoms with Gasteiger partial charge in [0.25, 0.3) is 5.91 Å². The number of amides is 1. The number of ketones is 1. The molecule has 118 valence electrons. The summed E-state index contributed by atoms with van der Waals surface area (Å²) < 4.78 is 0. The van der Waals surface area contributed by atoms with E-state index in [1.807, 2.05) is 49.4 Å². The fourth-order valence-electron chi connectivity index (χ4n) is 2.11. The lowest BCUT2D eigenvalue weighted by Crippen LogP contribution is -2.23. The molecule has 3 nitrogen and oxygen atoms in total. The zero-order chi connectivity index (χ0) is 16.8. The summed E-state index contributed by atoms with van der Waals surface area (Å²) >= 11 is 0. The number of carbonyl (C=O) groups is 2. The van der Waals surface area contributed by atoms with Gasteiger partial charge in [-0.2, -0.15) is 0 Å². The van der Waals surface area contributed by atoms with Crippen molar-refractivity contribution in [3.05, 3.63) is 71.3 Å². The van der Waals surface area contributed by atoms with Crippen LogP contribution in [0.4, 0.5) is 5.69 Å². The number of para-hydroxylation sites is 1. The summed E-state index contributed by atoms with van der Waals surface area (Å²) in [5.41, 5.74) is 2.81. The molecule has 2 rings (SSSR count). The smallest absolute Gasteiger partial charge is 0.259 e. The molecule has 1 N–H and O–H groups in total. The quantitative estimate of drug-likeness (QED) is 0.510. The van der Waals surface area contributed by atoms with Crippen LogP contribution in [-0.4, -0.2) is 11.7 Å². The zero-order valence-corrected chi connectivity index (χ0v) is 13.7. The molecule has 0 saturated carbocycles. The van der Waals surface area contributed by atoms with Crippen LogP contribution in [0.15, 0.2) is 60.2 Å². The largest absolute Gasteiger partial charge is 0.322 e. The highest BCUT2D eigenvalue weighted by Gasteiger charge is 2.21. The van der Waals surface area contributed by atoms with Crippen LogP contribution in [0.3, 0.4) is 0 Å². The van der Waals surface area contributed by atoms with Crippen LogP contribution in [0, 0.1) is 12.8 Å². The lowest BCUT2D eigenvalue weighted by Gasteiger charge is -2.11. The van der Waals surface area contributed by atoms with Crippen molar-refractivity contribution >= 4 is 23.5 Å². The summed E-state index contributed by atoms with van der Waals surface area (Å²) in [6.07, 6.45) is 1.65. The third-order valence-electron chi connectivity index (χ3n) is 3.45. The minimum Gasteiger partial charge on any atom is -0.322 e. The SMILES string of the molecule is Cc1ccc(C=C(C(=O)Nc2ccccc2)C(=O)C(C)C)cc1. The van der Waals surface area contributed by atoms with Gasteiger partial charge in [-0.3, -0.25) is 9.59 Å². The van der Waals surface area contributed by atoms with Crippen LogP contribution >= 0.6 is 0 Å². The first-order valence-electron chi connectivity index (χ1n) is 7.66. The van der Waals surface area contributed by atoms with Gasteiger partial charge < -0.3 is 5.32 Å². The average Bonchev–Trinajstić information content (AvgIpc) is 2.54. The molecule has 0 saturated heterocycles. The fourth-order valence-corrected chi connectivity index (χ4v) is 2.11. The van der Waals surface area contributed by atoms with Crippen LogP contribution in [0.25, 0.3) is 6.08 Å². The van der Waals surface area contributed by atoms with Gasteiger partial charge in [-0.25, -0.2) is 0 Å². The zero-order valence-electron chi connectivity index (χ0n) is 13.7. The molecule has 0 spiro atoms. The maximum Gasteiger partial charge on any atom is 0.259 e. The molecule has 1 amide bonds. The Kier molecular flexibility index (Phi) is 5.47. The third kappa shape index (κ3) is 4.65. The summed E-state index contributed by atoms with van der Waals surface area (Å²) in [6, 6.07) is 16.8. The number of nitrogens with one attached hydrogen (secondary N) is 1. The number of rotatable bonds is 5. The Hall–Kier alpha value is -2.68. The Labute approximate surface area is 137 Å². The first kappa shape index (κ1) is 16.7. The molecule has 0 unspecified atom stereocenters. The molecule has 2 aromatic carbocycles. The van der Waals surface area contributed by atoms with Gasteiger partial charge in [-0.15, -0.1) is 0 Å². The average molecular weight is 307 g/mol. The van der Waals surface area contributed by atoms with Gasteiger partial charge in [0.1, 0.15) is 0 Å². The van der Waals surface area contributed by atoms with E-state index in [4.69, 9.17) is 0 Å². The molecule has 0 heterocycles. The third-order valence-corrected chi connectivity index (χ3v) is 3.45. The highest BCUT2D eigenvalue weighted by molar-refractivity contribution is 6.26. The summed E-state index contributed by atoms with van der Waals surface area (Å²) in [4.78, 5) is 24.9.